The van der Waals surface area contributed by atoms with Crippen molar-refractivity contribution in [3.05, 3.63) is 64.2 Å². The smallest absolute Gasteiger partial charge is 0.119 e. The number of ether oxygens (including phenoxy) is 1. The first-order valence-corrected chi connectivity index (χ1v) is 6.74. The number of rotatable bonds is 4. The summed E-state index contributed by atoms with van der Waals surface area (Å²) in [5.74, 6) is 0.866. The minimum atomic E-state index is -0.147. The Morgan fingerprint density at radius 2 is 1.74 bits per heavy atom. The normalized spacial score (nSPS) is 12.2. The van der Waals surface area contributed by atoms with E-state index < -0.39 is 0 Å². The monoisotopic (exact) mass is 275 g/mol. The van der Waals surface area contributed by atoms with Crippen molar-refractivity contribution in [1.29, 1.82) is 0 Å². The van der Waals surface area contributed by atoms with E-state index in [1.807, 2.05) is 56.3 Å². The lowest BCUT2D eigenvalue weighted by Gasteiger charge is -2.14. The summed E-state index contributed by atoms with van der Waals surface area (Å²) < 4.78 is 5.42. The summed E-state index contributed by atoms with van der Waals surface area (Å²) in [5.41, 5.74) is 9.44. The van der Waals surface area contributed by atoms with Crippen LogP contribution in [0.5, 0.6) is 5.75 Å². The van der Waals surface area contributed by atoms with Crippen LogP contribution in [-0.2, 0) is 0 Å². The van der Waals surface area contributed by atoms with Gasteiger partial charge in [-0.3, -0.25) is 0 Å². The fourth-order valence-electron chi connectivity index (χ4n) is 1.99. The van der Waals surface area contributed by atoms with Gasteiger partial charge in [0.05, 0.1) is 12.6 Å². The molecule has 2 aromatic rings. The Kier molecular flexibility index (Phi) is 4.46. The molecule has 19 heavy (non-hydrogen) atoms. The van der Waals surface area contributed by atoms with Crippen molar-refractivity contribution in [1.82, 2.24) is 0 Å². The summed E-state index contributed by atoms with van der Waals surface area (Å²) in [4.78, 5) is 0. The molecule has 0 saturated carbocycles. The molecular weight excluding hydrogens is 258 g/mol. The fourth-order valence-corrected chi connectivity index (χ4v) is 2.11. The molecule has 100 valence electrons. The zero-order valence-electron chi connectivity index (χ0n) is 11.2. The number of benzene rings is 2. The molecule has 0 amide bonds. The molecule has 0 spiro atoms. The van der Waals surface area contributed by atoms with E-state index in [9.17, 15) is 0 Å². The second-order valence-electron chi connectivity index (χ2n) is 4.49. The molecule has 2 nitrogen and oxygen atoms in total. The summed E-state index contributed by atoms with van der Waals surface area (Å²) in [6.07, 6.45) is 0. The van der Waals surface area contributed by atoms with Crippen LogP contribution in [0.15, 0.2) is 42.5 Å². The minimum Gasteiger partial charge on any atom is -0.494 e. The molecule has 0 aliphatic carbocycles. The average molecular weight is 276 g/mol. The Morgan fingerprint density at radius 1 is 1.11 bits per heavy atom. The summed E-state index contributed by atoms with van der Waals surface area (Å²) in [6, 6.07) is 13.6. The number of nitrogens with two attached hydrogens (primary N) is 1. The van der Waals surface area contributed by atoms with Gasteiger partial charge in [0.25, 0.3) is 0 Å². The van der Waals surface area contributed by atoms with E-state index in [4.69, 9.17) is 22.1 Å². The predicted octanol–water partition coefficient (Wildman–Crippen LogP) is 4.10. The lowest BCUT2D eigenvalue weighted by Crippen LogP contribution is -2.11. The molecular formula is C16H18ClNO. The maximum atomic E-state index is 6.28. The molecule has 1 atom stereocenters. The van der Waals surface area contributed by atoms with E-state index in [2.05, 4.69) is 0 Å². The van der Waals surface area contributed by atoms with Crippen LogP contribution in [0.4, 0.5) is 0 Å². The molecule has 0 aromatic heterocycles. The predicted molar refractivity (Wildman–Crippen MR) is 79.8 cm³/mol. The van der Waals surface area contributed by atoms with Gasteiger partial charge < -0.3 is 10.5 Å². The van der Waals surface area contributed by atoms with Crippen LogP contribution in [0.25, 0.3) is 0 Å². The fraction of sp³-hybridized carbons (Fsp3) is 0.250. The summed E-state index contributed by atoms with van der Waals surface area (Å²) in [6.45, 7) is 4.62. The highest BCUT2D eigenvalue weighted by molar-refractivity contribution is 6.31. The van der Waals surface area contributed by atoms with Crippen LogP contribution in [0, 0.1) is 6.92 Å². The number of hydrogen-bond acceptors (Lipinski definition) is 2. The lowest BCUT2D eigenvalue weighted by atomic mass is 9.98. The summed E-state index contributed by atoms with van der Waals surface area (Å²) in [5, 5.41) is 0.766. The van der Waals surface area contributed by atoms with Crippen LogP contribution in [0.1, 0.15) is 29.7 Å². The number of aryl methyl sites for hydroxylation is 1. The van der Waals surface area contributed by atoms with Crippen molar-refractivity contribution in [3.8, 4) is 5.75 Å². The summed E-state index contributed by atoms with van der Waals surface area (Å²) in [7, 11) is 0. The highest BCUT2D eigenvalue weighted by atomic mass is 35.5. The maximum absolute atomic E-state index is 6.28. The van der Waals surface area contributed by atoms with E-state index >= 15 is 0 Å². The van der Waals surface area contributed by atoms with Gasteiger partial charge in [0, 0.05) is 5.02 Å². The zero-order chi connectivity index (χ0) is 13.8. The van der Waals surface area contributed by atoms with E-state index in [-0.39, 0.29) is 6.04 Å². The van der Waals surface area contributed by atoms with Gasteiger partial charge in [0.1, 0.15) is 5.75 Å². The van der Waals surface area contributed by atoms with Crippen molar-refractivity contribution >= 4 is 11.6 Å². The third kappa shape index (κ3) is 3.28. The third-order valence-corrected chi connectivity index (χ3v) is 3.52. The molecule has 0 bridgehead atoms. The molecule has 0 radical (unpaired) electrons. The van der Waals surface area contributed by atoms with Gasteiger partial charge in [-0.1, -0.05) is 35.9 Å². The molecule has 0 fully saturated rings. The van der Waals surface area contributed by atoms with Crippen molar-refractivity contribution in [2.75, 3.05) is 6.61 Å². The van der Waals surface area contributed by atoms with E-state index in [1.54, 1.807) is 0 Å². The van der Waals surface area contributed by atoms with Gasteiger partial charge >= 0.3 is 0 Å². The van der Waals surface area contributed by atoms with Crippen LogP contribution in [-0.4, -0.2) is 6.61 Å². The molecule has 1 unspecified atom stereocenters. The Hall–Kier alpha value is -1.51. The Bertz CT molecular complexity index is 551. The largest absolute Gasteiger partial charge is 0.494 e. The quantitative estimate of drug-likeness (QED) is 0.912. The van der Waals surface area contributed by atoms with Crippen LogP contribution in [0.2, 0.25) is 5.02 Å². The first-order chi connectivity index (χ1) is 9.11. The Morgan fingerprint density at radius 3 is 2.32 bits per heavy atom. The minimum absolute atomic E-state index is 0.147. The first kappa shape index (κ1) is 13.9. The van der Waals surface area contributed by atoms with Crippen molar-refractivity contribution in [3.63, 3.8) is 0 Å². The standard InChI is InChI=1S/C16H18ClNO/c1-3-19-14-7-4-12(5-8-14)16(18)13-6-9-15(17)11(2)10-13/h4-10,16H,3,18H2,1-2H3. The molecule has 0 saturated heterocycles. The van der Waals surface area contributed by atoms with Gasteiger partial charge in [-0.05, 0) is 48.7 Å². The second kappa shape index (κ2) is 6.09. The zero-order valence-corrected chi connectivity index (χ0v) is 11.9. The van der Waals surface area contributed by atoms with Gasteiger partial charge in [-0.15, -0.1) is 0 Å². The second-order valence-corrected chi connectivity index (χ2v) is 4.90. The Labute approximate surface area is 119 Å². The topological polar surface area (TPSA) is 35.2 Å². The maximum Gasteiger partial charge on any atom is 0.119 e. The van der Waals surface area contributed by atoms with Crippen molar-refractivity contribution in [2.24, 2.45) is 5.73 Å². The molecule has 2 aromatic carbocycles. The molecule has 3 heteroatoms. The van der Waals surface area contributed by atoms with E-state index in [1.165, 1.54) is 0 Å². The third-order valence-electron chi connectivity index (χ3n) is 3.09. The van der Waals surface area contributed by atoms with E-state index in [0.717, 1.165) is 27.5 Å². The number of hydrogen-bond donors (Lipinski definition) is 1. The lowest BCUT2D eigenvalue weighted by molar-refractivity contribution is 0.340. The van der Waals surface area contributed by atoms with Crippen molar-refractivity contribution in [2.45, 2.75) is 19.9 Å². The van der Waals surface area contributed by atoms with E-state index in [0.29, 0.717) is 6.61 Å². The van der Waals surface area contributed by atoms with Gasteiger partial charge in [0.2, 0.25) is 0 Å². The first-order valence-electron chi connectivity index (χ1n) is 6.36. The van der Waals surface area contributed by atoms with Crippen LogP contribution >= 0.6 is 11.6 Å². The van der Waals surface area contributed by atoms with Gasteiger partial charge in [-0.2, -0.15) is 0 Å². The molecule has 0 heterocycles. The Balaban J connectivity index is 2.22. The molecule has 2 rings (SSSR count). The van der Waals surface area contributed by atoms with Gasteiger partial charge in [0.15, 0.2) is 0 Å². The summed E-state index contributed by atoms with van der Waals surface area (Å²) >= 11 is 6.03. The number of halogens is 1. The SMILES string of the molecule is CCOc1ccc(C(N)c2ccc(Cl)c(C)c2)cc1. The van der Waals surface area contributed by atoms with Gasteiger partial charge in [-0.25, -0.2) is 0 Å². The average Bonchev–Trinajstić information content (AvgIpc) is 2.42. The highest BCUT2D eigenvalue weighted by Crippen LogP contribution is 2.25. The van der Waals surface area contributed by atoms with Crippen molar-refractivity contribution < 1.29 is 4.74 Å². The molecule has 0 aliphatic heterocycles. The molecule has 0 aliphatic rings. The van der Waals surface area contributed by atoms with Crippen LogP contribution in [0.3, 0.4) is 0 Å². The van der Waals surface area contributed by atoms with Crippen LogP contribution < -0.4 is 10.5 Å². The molecule has 2 N–H and O–H groups in total. The highest BCUT2D eigenvalue weighted by Gasteiger charge is 2.10.